The largest absolute Gasteiger partial charge is 0.361 e. The molecule has 9 heteroatoms. The molecule has 246 valence electrons. The summed E-state index contributed by atoms with van der Waals surface area (Å²) in [6.07, 6.45) is 5.26. The van der Waals surface area contributed by atoms with Gasteiger partial charge in [-0.05, 0) is 58.7 Å². The van der Waals surface area contributed by atoms with Gasteiger partial charge in [-0.1, -0.05) is 81.4 Å². The van der Waals surface area contributed by atoms with Gasteiger partial charge in [-0.2, -0.15) is 0 Å². The van der Waals surface area contributed by atoms with Gasteiger partial charge in [0.25, 0.3) is 0 Å². The minimum absolute atomic E-state index is 0.216. The summed E-state index contributed by atoms with van der Waals surface area (Å²) >= 11 is 0. The second-order valence-electron chi connectivity index (χ2n) is 12.3. The molecule has 3 N–H and O–H groups in total. The van der Waals surface area contributed by atoms with Crippen LogP contribution in [0.25, 0.3) is 10.9 Å². The molecule has 47 heavy (non-hydrogen) atoms. The van der Waals surface area contributed by atoms with Gasteiger partial charge in [0, 0.05) is 43.5 Å². The highest BCUT2D eigenvalue weighted by atomic mass is 16.2. The normalized spacial score (nSPS) is 15.4. The van der Waals surface area contributed by atoms with E-state index in [0.717, 1.165) is 46.9 Å². The zero-order valence-corrected chi connectivity index (χ0v) is 27.8. The van der Waals surface area contributed by atoms with Crippen molar-refractivity contribution in [1.82, 2.24) is 25.4 Å². The summed E-state index contributed by atoms with van der Waals surface area (Å²) in [4.78, 5) is 59.7. The number of fused-ring (bicyclic) bond motifs is 1. The number of carbonyl (C=O) groups excluding carboxylic acids is 4. The van der Waals surface area contributed by atoms with Crippen LogP contribution in [0.4, 0.5) is 0 Å². The van der Waals surface area contributed by atoms with Crippen LogP contribution in [0, 0.1) is 0 Å². The van der Waals surface area contributed by atoms with Crippen molar-refractivity contribution in [1.29, 1.82) is 0 Å². The third kappa shape index (κ3) is 7.91. The Bertz CT molecular complexity index is 1720. The van der Waals surface area contributed by atoms with Gasteiger partial charge in [0.05, 0.1) is 0 Å². The van der Waals surface area contributed by atoms with E-state index in [0.29, 0.717) is 13.0 Å². The maximum absolute atomic E-state index is 14.1. The third-order valence-electron chi connectivity index (χ3n) is 9.03. The summed E-state index contributed by atoms with van der Waals surface area (Å²) in [5.74, 6) is -1.37. The van der Waals surface area contributed by atoms with Gasteiger partial charge in [0.1, 0.15) is 25.2 Å². The van der Waals surface area contributed by atoms with Crippen LogP contribution in [0.2, 0.25) is 0 Å². The fourth-order valence-corrected chi connectivity index (χ4v) is 6.69. The molecule has 1 aliphatic rings. The number of aryl methyl sites for hydroxylation is 2. The minimum Gasteiger partial charge on any atom is -0.361 e. The Labute approximate surface area is 276 Å². The number of aromatic nitrogens is 1. The highest BCUT2D eigenvalue weighted by molar-refractivity contribution is 5.98. The van der Waals surface area contributed by atoms with Crippen LogP contribution >= 0.6 is 0 Å². The minimum atomic E-state index is -0.883. The molecule has 1 aliphatic heterocycles. The molecule has 9 nitrogen and oxygen atoms in total. The number of likely N-dealkylation sites (N-methyl/N-ethyl adjacent to an activating group) is 1. The van der Waals surface area contributed by atoms with Gasteiger partial charge < -0.3 is 25.4 Å². The molecule has 2 atom stereocenters. The number of nitrogens with one attached hydrogen (secondary N) is 3. The van der Waals surface area contributed by atoms with E-state index in [1.807, 2.05) is 60.8 Å². The smallest absolute Gasteiger partial charge is 0.246 e. The fourth-order valence-electron chi connectivity index (χ4n) is 6.69. The molecule has 1 fully saturated rings. The topological polar surface area (TPSA) is 115 Å². The average molecular weight is 636 g/mol. The van der Waals surface area contributed by atoms with Gasteiger partial charge in [-0.25, -0.2) is 0 Å². The molecule has 0 bridgehead atoms. The van der Waals surface area contributed by atoms with E-state index in [1.165, 1.54) is 21.6 Å². The summed E-state index contributed by atoms with van der Waals surface area (Å²) in [5, 5.41) is 6.66. The van der Waals surface area contributed by atoms with E-state index in [1.54, 1.807) is 11.9 Å². The van der Waals surface area contributed by atoms with E-state index < -0.39 is 18.0 Å². The van der Waals surface area contributed by atoms with Crippen molar-refractivity contribution in [2.75, 3.05) is 20.1 Å². The monoisotopic (exact) mass is 635 g/mol. The maximum atomic E-state index is 14.1. The summed E-state index contributed by atoms with van der Waals surface area (Å²) in [6, 6.07) is 20.0. The number of hydrogen-bond donors (Lipinski definition) is 3. The molecule has 4 amide bonds. The summed E-state index contributed by atoms with van der Waals surface area (Å²) < 4.78 is 0. The fraction of sp³-hybridized carbons (Fsp3) is 0.368. The van der Waals surface area contributed by atoms with Gasteiger partial charge in [0.15, 0.2) is 0 Å². The number of rotatable bonds is 13. The standard InChI is InChI=1S/C38H45N5O4/c1-5-27-17-26(18-28(6-2)30(27)7-3)22-42(4)37(46)34(20-29-21-39-32-16-12-11-15-31(29)32)41-36(45)24-43-23-35(44)40-33(38(43)47)19-25-13-9-8-10-14-25/h8-18,21,33-34,39H,5-7,19-20,22-24H2,1-4H3,(H,40,44)(H,41,45). The van der Waals surface area contributed by atoms with Gasteiger partial charge in [-0.15, -0.1) is 0 Å². The molecule has 0 radical (unpaired) electrons. The molecular weight excluding hydrogens is 590 g/mol. The van der Waals surface area contributed by atoms with Crippen molar-refractivity contribution in [3.05, 3.63) is 106 Å². The van der Waals surface area contributed by atoms with Crippen molar-refractivity contribution >= 4 is 34.5 Å². The van der Waals surface area contributed by atoms with Crippen LogP contribution in [0.5, 0.6) is 0 Å². The lowest BCUT2D eigenvalue weighted by atomic mass is 9.92. The van der Waals surface area contributed by atoms with E-state index in [2.05, 4.69) is 48.5 Å². The van der Waals surface area contributed by atoms with Crippen molar-refractivity contribution < 1.29 is 19.2 Å². The number of hydrogen-bond acceptors (Lipinski definition) is 4. The molecule has 2 heterocycles. The zero-order chi connectivity index (χ0) is 33.5. The van der Waals surface area contributed by atoms with E-state index >= 15 is 0 Å². The SMILES string of the molecule is CCc1cc(CN(C)C(=O)C(Cc2c[nH]c3ccccc23)NC(=O)CN2CC(=O)NC(Cc3ccccc3)C2=O)cc(CC)c1CC. The lowest BCUT2D eigenvalue weighted by Crippen LogP contribution is -2.61. The lowest BCUT2D eigenvalue weighted by Gasteiger charge is -2.33. The molecule has 0 aliphatic carbocycles. The predicted molar refractivity (Wildman–Crippen MR) is 184 cm³/mol. The first kappa shape index (κ1) is 33.4. The zero-order valence-electron chi connectivity index (χ0n) is 27.8. The number of piperazine rings is 1. The molecule has 0 spiro atoms. The van der Waals surface area contributed by atoms with Crippen LogP contribution in [-0.2, 0) is 57.8 Å². The Kier molecular flexibility index (Phi) is 10.8. The van der Waals surface area contributed by atoms with Crippen LogP contribution in [0.3, 0.4) is 0 Å². The number of benzene rings is 3. The third-order valence-corrected chi connectivity index (χ3v) is 9.03. The average Bonchev–Trinajstić information content (AvgIpc) is 3.48. The second kappa shape index (κ2) is 15.1. The highest BCUT2D eigenvalue weighted by Gasteiger charge is 2.35. The number of para-hydroxylation sites is 1. The van der Waals surface area contributed by atoms with Crippen molar-refractivity contribution in [2.24, 2.45) is 0 Å². The summed E-state index contributed by atoms with van der Waals surface area (Å²) in [7, 11) is 1.76. The van der Waals surface area contributed by atoms with Crippen molar-refractivity contribution in [2.45, 2.75) is 71.5 Å². The van der Waals surface area contributed by atoms with Crippen LogP contribution < -0.4 is 10.6 Å². The van der Waals surface area contributed by atoms with Gasteiger partial charge in [0.2, 0.25) is 23.6 Å². The molecule has 2 unspecified atom stereocenters. The Hall–Kier alpha value is -4.92. The van der Waals surface area contributed by atoms with Gasteiger partial charge >= 0.3 is 0 Å². The van der Waals surface area contributed by atoms with Crippen molar-refractivity contribution in [3.63, 3.8) is 0 Å². The van der Waals surface area contributed by atoms with Crippen LogP contribution in [-0.4, -0.2) is 70.6 Å². The van der Waals surface area contributed by atoms with Crippen molar-refractivity contribution in [3.8, 4) is 0 Å². The number of nitrogens with zero attached hydrogens (tertiary/aromatic N) is 2. The Morgan fingerprint density at radius 3 is 2.28 bits per heavy atom. The van der Waals surface area contributed by atoms with Gasteiger partial charge in [-0.3, -0.25) is 19.2 Å². The maximum Gasteiger partial charge on any atom is 0.246 e. The predicted octanol–water partition coefficient (Wildman–Crippen LogP) is 4.11. The molecule has 4 aromatic rings. The van der Waals surface area contributed by atoms with Crippen LogP contribution in [0.15, 0.2) is 72.9 Å². The Morgan fingerprint density at radius 2 is 1.60 bits per heavy atom. The molecular formula is C38H45N5O4. The van der Waals surface area contributed by atoms with E-state index in [9.17, 15) is 19.2 Å². The first-order chi connectivity index (χ1) is 22.7. The number of H-pyrrole nitrogens is 1. The van der Waals surface area contributed by atoms with E-state index in [-0.39, 0.29) is 37.2 Å². The van der Waals surface area contributed by atoms with E-state index in [4.69, 9.17) is 0 Å². The molecule has 3 aromatic carbocycles. The Morgan fingerprint density at radius 1 is 0.915 bits per heavy atom. The summed E-state index contributed by atoms with van der Waals surface area (Å²) in [6.45, 7) is 6.34. The quantitative estimate of drug-likeness (QED) is 0.205. The second-order valence-corrected chi connectivity index (χ2v) is 12.3. The molecule has 1 saturated heterocycles. The van der Waals surface area contributed by atoms with Crippen LogP contribution in [0.1, 0.15) is 54.2 Å². The number of carbonyl (C=O) groups is 4. The molecule has 5 rings (SSSR count). The Balaban J connectivity index is 1.34. The summed E-state index contributed by atoms with van der Waals surface area (Å²) in [5.41, 5.74) is 7.78. The molecule has 1 aromatic heterocycles. The first-order valence-electron chi connectivity index (χ1n) is 16.6. The lowest BCUT2D eigenvalue weighted by molar-refractivity contribution is -0.146. The highest BCUT2D eigenvalue weighted by Crippen LogP contribution is 2.23. The number of amides is 4. The first-order valence-corrected chi connectivity index (χ1v) is 16.6. The molecule has 0 saturated carbocycles. The number of aromatic amines is 1.